The molecule has 21 heavy (non-hydrogen) atoms. The number of carbonyl (C=O) groups excluding carboxylic acids is 1. The molecule has 1 aliphatic heterocycles. The van der Waals surface area contributed by atoms with Gasteiger partial charge in [-0.25, -0.2) is 4.79 Å². The summed E-state index contributed by atoms with van der Waals surface area (Å²) < 4.78 is 0. The van der Waals surface area contributed by atoms with Gasteiger partial charge in [0.05, 0.1) is 12.1 Å². The molecule has 0 radical (unpaired) electrons. The third-order valence-corrected chi connectivity index (χ3v) is 3.56. The highest BCUT2D eigenvalue weighted by Crippen LogP contribution is 2.20. The lowest BCUT2D eigenvalue weighted by Gasteiger charge is -2.24. The summed E-state index contributed by atoms with van der Waals surface area (Å²) in [5, 5.41) is 27.8. The van der Waals surface area contributed by atoms with E-state index in [2.05, 4.69) is 0 Å². The number of likely N-dealkylation sites (tertiary alicyclic amines) is 1. The van der Waals surface area contributed by atoms with E-state index < -0.39 is 30.1 Å². The van der Waals surface area contributed by atoms with Crippen LogP contribution in [0.3, 0.4) is 0 Å². The molecule has 0 saturated carbocycles. The van der Waals surface area contributed by atoms with Crippen molar-refractivity contribution >= 4 is 11.9 Å². The number of nitrogens with zero attached hydrogens (tertiary/aromatic N) is 1. The summed E-state index contributed by atoms with van der Waals surface area (Å²) in [5.74, 6) is -1.52. The summed E-state index contributed by atoms with van der Waals surface area (Å²) in [6.45, 7) is -0.0148. The second-order valence-corrected chi connectivity index (χ2v) is 5.21. The van der Waals surface area contributed by atoms with Gasteiger partial charge in [-0.05, 0) is 24.1 Å². The lowest BCUT2D eigenvalue weighted by atomic mass is 10.0. The van der Waals surface area contributed by atoms with Crippen LogP contribution >= 0.6 is 0 Å². The van der Waals surface area contributed by atoms with Gasteiger partial charge in [0.25, 0.3) is 0 Å². The number of carboxylic acids is 1. The number of hydrogen-bond donors (Lipinski definition) is 4. The van der Waals surface area contributed by atoms with E-state index in [1.54, 1.807) is 12.1 Å². The molecule has 1 heterocycles. The molecule has 5 N–H and O–H groups in total. The van der Waals surface area contributed by atoms with Crippen LogP contribution in [0, 0.1) is 0 Å². The first-order valence-corrected chi connectivity index (χ1v) is 6.63. The minimum Gasteiger partial charge on any atom is -0.508 e. The highest BCUT2D eigenvalue weighted by molar-refractivity contribution is 5.87. The van der Waals surface area contributed by atoms with Gasteiger partial charge in [-0.1, -0.05) is 12.1 Å². The number of rotatable bonds is 4. The van der Waals surface area contributed by atoms with Crippen LogP contribution in [0.15, 0.2) is 24.3 Å². The minimum atomic E-state index is -1.14. The van der Waals surface area contributed by atoms with E-state index >= 15 is 0 Å². The third-order valence-electron chi connectivity index (χ3n) is 3.56. The Kier molecular flexibility index (Phi) is 4.44. The number of aliphatic hydroxyl groups excluding tert-OH is 1. The van der Waals surface area contributed by atoms with E-state index in [-0.39, 0.29) is 25.1 Å². The number of phenolic OH excluding ortho intramolecular Hbond substituents is 1. The van der Waals surface area contributed by atoms with Crippen LogP contribution in [0.1, 0.15) is 12.0 Å². The Bertz CT molecular complexity index is 531. The molecule has 1 aromatic rings. The van der Waals surface area contributed by atoms with Crippen molar-refractivity contribution in [3.63, 3.8) is 0 Å². The number of benzene rings is 1. The molecular formula is C14H18N2O5. The molecule has 1 amide bonds. The number of aliphatic carboxylic acids is 1. The molecule has 3 atom stereocenters. The van der Waals surface area contributed by atoms with E-state index in [0.717, 1.165) is 10.5 Å². The summed E-state index contributed by atoms with van der Waals surface area (Å²) in [4.78, 5) is 24.5. The molecule has 1 aliphatic rings. The quantitative estimate of drug-likeness (QED) is 0.582. The second-order valence-electron chi connectivity index (χ2n) is 5.21. The first-order chi connectivity index (χ1) is 9.88. The minimum absolute atomic E-state index is 0.0148. The van der Waals surface area contributed by atoms with Crippen molar-refractivity contribution in [2.45, 2.75) is 31.0 Å². The fourth-order valence-corrected chi connectivity index (χ4v) is 2.48. The number of hydrogen-bond acceptors (Lipinski definition) is 5. The maximum atomic E-state index is 12.3. The van der Waals surface area contributed by atoms with Gasteiger partial charge in [-0.3, -0.25) is 4.79 Å². The van der Waals surface area contributed by atoms with Gasteiger partial charge >= 0.3 is 5.97 Å². The van der Waals surface area contributed by atoms with Crippen LogP contribution in [-0.2, 0) is 16.0 Å². The SMILES string of the molecule is NC(Cc1ccc(O)cc1)C(=O)N1CC(O)C[C@H]1C(=O)O. The van der Waals surface area contributed by atoms with Crippen molar-refractivity contribution in [1.29, 1.82) is 0 Å². The first-order valence-electron chi connectivity index (χ1n) is 6.63. The van der Waals surface area contributed by atoms with Crippen molar-refractivity contribution in [3.05, 3.63) is 29.8 Å². The van der Waals surface area contributed by atoms with Gasteiger partial charge in [-0.15, -0.1) is 0 Å². The van der Waals surface area contributed by atoms with E-state index in [9.17, 15) is 19.8 Å². The molecule has 0 aliphatic carbocycles. The fourth-order valence-electron chi connectivity index (χ4n) is 2.48. The molecule has 1 aromatic carbocycles. The molecule has 1 saturated heterocycles. The molecule has 0 aromatic heterocycles. The van der Waals surface area contributed by atoms with Crippen LogP contribution in [0.5, 0.6) is 5.75 Å². The average molecular weight is 294 g/mol. The molecule has 7 nitrogen and oxygen atoms in total. The van der Waals surface area contributed by atoms with Crippen molar-refractivity contribution < 1.29 is 24.9 Å². The molecule has 0 bridgehead atoms. The van der Waals surface area contributed by atoms with E-state index in [0.29, 0.717) is 0 Å². The molecule has 7 heteroatoms. The summed E-state index contributed by atoms with van der Waals surface area (Å²) in [5.41, 5.74) is 6.61. The first kappa shape index (κ1) is 15.3. The second kappa shape index (κ2) is 6.11. The Labute approximate surface area is 121 Å². The Hall–Kier alpha value is -2.12. The molecule has 2 rings (SSSR count). The maximum Gasteiger partial charge on any atom is 0.326 e. The number of β-amino-alcohol motifs (C(OH)–C–C–N with tert-alkyl or cyclic N) is 1. The van der Waals surface area contributed by atoms with Gasteiger partial charge in [0.15, 0.2) is 0 Å². The monoisotopic (exact) mass is 294 g/mol. The standard InChI is InChI=1S/C14H18N2O5/c15-11(5-8-1-3-9(17)4-2-8)13(19)16-7-10(18)6-12(16)14(20)21/h1-4,10-12,17-18H,5-7,15H2,(H,20,21)/t10?,11?,12-/m0/s1. The van der Waals surface area contributed by atoms with Gasteiger partial charge in [0.1, 0.15) is 11.8 Å². The average Bonchev–Trinajstić information content (AvgIpc) is 2.82. The zero-order valence-corrected chi connectivity index (χ0v) is 11.3. The van der Waals surface area contributed by atoms with Gasteiger partial charge in [-0.2, -0.15) is 0 Å². The maximum absolute atomic E-state index is 12.3. The molecular weight excluding hydrogens is 276 g/mol. The van der Waals surface area contributed by atoms with Crippen LogP contribution in [0.4, 0.5) is 0 Å². The lowest BCUT2D eigenvalue weighted by molar-refractivity contribution is -0.148. The number of nitrogens with two attached hydrogens (primary N) is 1. The number of aliphatic hydroxyl groups is 1. The van der Waals surface area contributed by atoms with Crippen molar-refractivity contribution in [1.82, 2.24) is 4.90 Å². The van der Waals surface area contributed by atoms with Gasteiger partial charge in [0.2, 0.25) is 5.91 Å². The van der Waals surface area contributed by atoms with Crippen LogP contribution in [0.25, 0.3) is 0 Å². The normalized spacial score (nSPS) is 23.0. The van der Waals surface area contributed by atoms with Gasteiger partial charge < -0.3 is 26.0 Å². The van der Waals surface area contributed by atoms with E-state index in [1.807, 2.05) is 0 Å². The number of phenols is 1. The number of carboxylic acid groups (broad SMARTS) is 1. The number of carbonyl (C=O) groups is 2. The molecule has 114 valence electrons. The summed E-state index contributed by atoms with van der Waals surface area (Å²) in [6.07, 6.45) is -0.582. The largest absolute Gasteiger partial charge is 0.508 e. The Balaban J connectivity index is 2.04. The predicted octanol–water partition coefficient (Wildman–Crippen LogP) is -0.692. The van der Waals surface area contributed by atoms with Crippen molar-refractivity contribution in [3.8, 4) is 5.75 Å². The van der Waals surface area contributed by atoms with Crippen molar-refractivity contribution in [2.24, 2.45) is 5.73 Å². The summed E-state index contributed by atoms with van der Waals surface area (Å²) in [7, 11) is 0. The third kappa shape index (κ3) is 3.50. The topological polar surface area (TPSA) is 124 Å². The van der Waals surface area contributed by atoms with Crippen LogP contribution in [-0.4, -0.2) is 56.8 Å². The Morgan fingerprint density at radius 3 is 2.52 bits per heavy atom. The molecule has 1 fully saturated rings. The summed E-state index contributed by atoms with van der Waals surface area (Å²) >= 11 is 0. The molecule has 0 spiro atoms. The Morgan fingerprint density at radius 1 is 1.33 bits per heavy atom. The van der Waals surface area contributed by atoms with Crippen molar-refractivity contribution in [2.75, 3.05) is 6.54 Å². The highest BCUT2D eigenvalue weighted by Gasteiger charge is 2.40. The Morgan fingerprint density at radius 2 is 1.95 bits per heavy atom. The zero-order valence-electron chi connectivity index (χ0n) is 11.3. The van der Waals surface area contributed by atoms with Crippen LogP contribution < -0.4 is 5.73 Å². The lowest BCUT2D eigenvalue weighted by Crippen LogP contribution is -2.49. The zero-order chi connectivity index (χ0) is 15.6. The van der Waals surface area contributed by atoms with Crippen LogP contribution in [0.2, 0.25) is 0 Å². The van der Waals surface area contributed by atoms with Gasteiger partial charge in [0, 0.05) is 13.0 Å². The summed E-state index contributed by atoms with van der Waals surface area (Å²) in [6, 6.07) is 4.37. The van der Waals surface area contributed by atoms with E-state index in [4.69, 9.17) is 10.8 Å². The smallest absolute Gasteiger partial charge is 0.326 e. The number of aromatic hydroxyl groups is 1. The molecule has 2 unspecified atom stereocenters. The number of amides is 1. The van der Waals surface area contributed by atoms with E-state index in [1.165, 1.54) is 12.1 Å². The fraction of sp³-hybridized carbons (Fsp3) is 0.429. The highest BCUT2D eigenvalue weighted by atomic mass is 16.4. The predicted molar refractivity (Wildman–Crippen MR) is 73.5 cm³/mol.